The van der Waals surface area contributed by atoms with Gasteiger partial charge >= 0.3 is 0 Å². The summed E-state index contributed by atoms with van der Waals surface area (Å²) in [4.78, 5) is 37.6. The second-order valence-corrected chi connectivity index (χ2v) is 12.2. The Balaban J connectivity index is 1.37. The van der Waals surface area contributed by atoms with Gasteiger partial charge < -0.3 is 20.6 Å². The number of alkyl halides is 2. The lowest BCUT2D eigenvalue weighted by molar-refractivity contribution is 0.0562. The molecule has 37 heavy (non-hydrogen) atoms. The van der Waals surface area contributed by atoms with E-state index in [1.54, 1.807) is 0 Å². The predicted molar refractivity (Wildman–Crippen MR) is 135 cm³/mol. The van der Waals surface area contributed by atoms with Gasteiger partial charge in [-0.15, -0.1) is 11.3 Å². The number of nitrogens with one attached hydrogen (secondary N) is 2. The van der Waals surface area contributed by atoms with Crippen LogP contribution in [0.3, 0.4) is 0 Å². The molecule has 4 aliphatic rings. The quantitative estimate of drug-likeness (QED) is 0.485. The van der Waals surface area contributed by atoms with Crippen LogP contribution in [-0.2, 0) is 0 Å². The molecule has 2 aliphatic carbocycles. The highest BCUT2D eigenvalue weighted by molar-refractivity contribution is 7.17. The zero-order valence-electron chi connectivity index (χ0n) is 20.7. The number of hydrogen-bond donors (Lipinski definition) is 3. The van der Waals surface area contributed by atoms with Crippen molar-refractivity contribution in [3.63, 3.8) is 0 Å². The number of aliphatic hydroxyl groups is 1. The largest absolute Gasteiger partial charge is 0.393 e. The number of nitrogens with zero attached hydrogens (tertiary/aromatic N) is 3. The molecule has 0 unspecified atom stereocenters. The Hall–Kier alpha value is -2.66. The molecule has 3 N–H and O–H groups in total. The van der Waals surface area contributed by atoms with Gasteiger partial charge in [-0.2, -0.15) is 0 Å². The Labute approximate surface area is 217 Å². The normalized spacial score (nSPS) is 27.6. The number of amides is 2. The van der Waals surface area contributed by atoms with E-state index >= 15 is 0 Å². The van der Waals surface area contributed by atoms with E-state index in [2.05, 4.69) is 20.6 Å². The van der Waals surface area contributed by atoms with Crippen LogP contribution in [0.4, 0.5) is 14.6 Å². The number of thiazole rings is 1. The van der Waals surface area contributed by atoms with Crippen molar-refractivity contribution in [3.05, 3.63) is 28.5 Å². The van der Waals surface area contributed by atoms with Crippen LogP contribution in [0.1, 0.15) is 97.0 Å². The summed E-state index contributed by atoms with van der Waals surface area (Å²) in [5.41, 5.74) is -0.228. The Morgan fingerprint density at radius 1 is 1.19 bits per heavy atom. The molecule has 4 fully saturated rings. The topological polar surface area (TPSA) is 107 Å². The first kappa shape index (κ1) is 24.7. The fraction of sp³-hybridized carbons (Fsp3) is 0.615. The zero-order valence-corrected chi connectivity index (χ0v) is 21.5. The maximum Gasteiger partial charge on any atom is 0.280 e. The van der Waals surface area contributed by atoms with E-state index in [-0.39, 0.29) is 56.3 Å². The van der Waals surface area contributed by atoms with E-state index in [1.807, 2.05) is 11.8 Å². The minimum atomic E-state index is -2.80. The number of hydrogen-bond acceptors (Lipinski definition) is 7. The van der Waals surface area contributed by atoms with Gasteiger partial charge in [0.15, 0.2) is 5.01 Å². The van der Waals surface area contributed by atoms with Gasteiger partial charge in [0.1, 0.15) is 11.5 Å². The molecule has 2 aliphatic heterocycles. The van der Waals surface area contributed by atoms with Gasteiger partial charge in [-0.3, -0.25) is 9.59 Å². The number of aromatic nitrogens is 2. The molecule has 2 bridgehead atoms. The van der Waals surface area contributed by atoms with Crippen LogP contribution in [0.15, 0.2) is 12.3 Å². The number of carbonyl (C=O) groups excluding carboxylic acids is 2. The van der Waals surface area contributed by atoms with Crippen LogP contribution in [0.5, 0.6) is 0 Å². The Bertz CT molecular complexity index is 1210. The monoisotopic (exact) mass is 531 g/mol. The highest BCUT2D eigenvalue weighted by Crippen LogP contribution is 2.43. The van der Waals surface area contributed by atoms with Crippen molar-refractivity contribution < 1.29 is 23.5 Å². The van der Waals surface area contributed by atoms with Crippen LogP contribution >= 0.6 is 11.3 Å². The van der Waals surface area contributed by atoms with E-state index < -0.39 is 18.4 Å². The van der Waals surface area contributed by atoms with E-state index in [1.165, 1.54) is 12.3 Å². The first-order valence-corrected chi connectivity index (χ1v) is 13.9. The van der Waals surface area contributed by atoms with Gasteiger partial charge in [0.05, 0.1) is 11.0 Å². The van der Waals surface area contributed by atoms with Crippen molar-refractivity contribution in [2.24, 2.45) is 0 Å². The molecule has 2 saturated carbocycles. The van der Waals surface area contributed by atoms with Crippen molar-refractivity contribution in [2.45, 2.75) is 101 Å². The van der Waals surface area contributed by atoms with E-state index in [0.29, 0.717) is 18.7 Å². The van der Waals surface area contributed by atoms with Crippen molar-refractivity contribution in [3.8, 4) is 10.4 Å². The lowest BCUT2D eigenvalue weighted by Crippen LogP contribution is -2.46. The zero-order chi connectivity index (χ0) is 25.9. The van der Waals surface area contributed by atoms with Gasteiger partial charge in [0.2, 0.25) is 0 Å². The molecular formula is C26H31F2N5O3S. The molecule has 11 heteroatoms. The van der Waals surface area contributed by atoms with Crippen LogP contribution < -0.4 is 10.6 Å². The Morgan fingerprint density at radius 2 is 1.86 bits per heavy atom. The molecule has 2 saturated heterocycles. The maximum absolute atomic E-state index is 14.3. The molecule has 8 nitrogen and oxygen atoms in total. The number of halogens is 2. The number of pyridine rings is 1. The number of anilines is 1. The van der Waals surface area contributed by atoms with Crippen molar-refractivity contribution >= 4 is 29.0 Å². The molecule has 2 aromatic heterocycles. The average Bonchev–Trinajstić information content (AvgIpc) is 3.56. The molecule has 0 spiro atoms. The predicted octanol–water partition coefficient (Wildman–Crippen LogP) is 4.52. The summed E-state index contributed by atoms with van der Waals surface area (Å²) in [6.45, 7) is 2.05. The summed E-state index contributed by atoms with van der Waals surface area (Å²) in [5.74, 6) is -0.397. The molecule has 0 atom stereocenters. The number of aliphatic hydroxyl groups excluding tert-OH is 1. The lowest BCUT2D eigenvalue weighted by atomic mass is 9.78. The van der Waals surface area contributed by atoms with Crippen molar-refractivity contribution in [1.29, 1.82) is 0 Å². The van der Waals surface area contributed by atoms with Crippen LogP contribution in [0, 0.1) is 0 Å². The molecule has 0 aromatic carbocycles. The minimum absolute atomic E-state index is 0.0398. The third-order valence-corrected chi connectivity index (χ3v) is 9.55. The summed E-state index contributed by atoms with van der Waals surface area (Å²) in [7, 11) is 0. The third-order valence-electron chi connectivity index (χ3n) is 8.46. The van der Waals surface area contributed by atoms with Crippen LogP contribution in [0.25, 0.3) is 10.4 Å². The average molecular weight is 532 g/mol. The first-order valence-electron chi connectivity index (χ1n) is 13.1. The Morgan fingerprint density at radius 3 is 2.43 bits per heavy atom. The Kier molecular flexibility index (Phi) is 6.18. The van der Waals surface area contributed by atoms with Gasteiger partial charge in [0.25, 0.3) is 18.2 Å². The van der Waals surface area contributed by atoms with Gasteiger partial charge in [0, 0.05) is 41.0 Å². The highest BCUT2D eigenvalue weighted by atomic mass is 32.1. The molecule has 2 aromatic rings. The summed E-state index contributed by atoms with van der Waals surface area (Å²) in [6, 6.07) is 1.44. The van der Waals surface area contributed by atoms with Gasteiger partial charge in [-0.1, -0.05) is 0 Å². The second kappa shape index (κ2) is 9.27. The standard InChI is InChI=1S/C26H31F2N5O3S/c1-26(7-2-8-26)32-19-11-17(22(27)28)18(12-29-19)21-20(25(36)33-14-3-4-15(33)6-5-14)31-24(37-21)23(35)30-13-9-16(34)10-13/h11-16,22,34H,2-10H2,1H3,(H,29,32)(H,30,35)/t13-,14?,15?,16-. The van der Waals surface area contributed by atoms with Gasteiger partial charge in [-0.05, 0) is 70.8 Å². The van der Waals surface area contributed by atoms with Crippen LogP contribution in [-0.4, -0.2) is 61.6 Å². The number of fused-ring (bicyclic) bond motifs is 2. The fourth-order valence-electron chi connectivity index (χ4n) is 6.12. The number of rotatable bonds is 7. The third kappa shape index (κ3) is 4.50. The SMILES string of the molecule is CC1(Nc2cc(C(F)F)c(-c3sc(C(=O)N[C@H]4C[C@H](O)C4)nc3C(=O)N3C4CCC3CC4)cn2)CCC1. The fourth-order valence-corrected chi connectivity index (χ4v) is 7.11. The summed E-state index contributed by atoms with van der Waals surface area (Å²) in [6.07, 6.45) is 5.74. The summed E-state index contributed by atoms with van der Waals surface area (Å²) < 4.78 is 28.7. The first-order chi connectivity index (χ1) is 17.7. The van der Waals surface area contributed by atoms with E-state index in [4.69, 9.17) is 0 Å². The lowest BCUT2D eigenvalue weighted by Gasteiger charge is -2.39. The van der Waals surface area contributed by atoms with Gasteiger partial charge in [-0.25, -0.2) is 18.7 Å². The van der Waals surface area contributed by atoms with Crippen molar-refractivity contribution in [2.75, 3.05) is 5.32 Å². The van der Waals surface area contributed by atoms with Crippen molar-refractivity contribution in [1.82, 2.24) is 20.2 Å². The summed E-state index contributed by atoms with van der Waals surface area (Å²) in [5, 5.41) is 15.7. The van der Waals surface area contributed by atoms with Crippen LogP contribution in [0.2, 0.25) is 0 Å². The highest BCUT2D eigenvalue weighted by Gasteiger charge is 2.44. The molecule has 2 amide bonds. The second-order valence-electron chi connectivity index (χ2n) is 11.2. The molecule has 198 valence electrons. The summed E-state index contributed by atoms with van der Waals surface area (Å²) >= 11 is 0.947. The smallest absolute Gasteiger partial charge is 0.280 e. The molecule has 4 heterocycles. The van der Waals surface area contributed by atoms with E-state index in [0.717, 1.165) is 56.3 Å². The molecule has 0 radical (unpaired) electrons. The number of carbonyl (C=O) groups is 2. The molecule has 6 rings (SSSR count). The molecular weight excluding hydrogens is 500 g/mol. The minimum Gasteiger partial charge on any atom is -0.393 e. The van der Waals surface area contributed by atoms with E-state index in [9.17, 15) is 23.5 Å². The maximum atomic E-state index is 14.3.